The minimum absolute atomic E-state index is 0.0709. The Morgan fingerprint density at radius 3 is 2.61 bits per heavy atom. The number of amides is 1. The Balaban J connectivity index is 1.62. The van der Waals surface area contributed by atoms with Crippen LogP contribution in [-0.2, 0) is 24.2 Å². The van der Waals surface area contributed by atoms with E-state index in [9.17, 15) is 9.59 Å². The molecular weight excluding hydrogens is 390 g/mol. The van der Waals surface area contributed by atoms with Crippen molar-refractivity contribution in [2.75, 3.05) is 5.75 Å². The number of thioether (sulfide) groups is 1. The van der Waals surface area contributed by atoms with Crippen LogP contribution in [0.15, 0.2) is 9.95 Å². The van der Waals surface area contributed by atoms with Crippen molar-refractivity contribution in [3.63, 3.8) is 0 Å². The molecule has 7 heteroatoms. The lowest BCUT2D eigenvalue weighted by Gasteiger charge is -2.39. The number of carbonyl (C=O) groups is 1. The SMILES string of the molecule is CCn1c(SCC(=O)N2[C@H](C)CCC[C@@H]2C)nc2sc3c(c2c1=O)CCCC3. The molecule has 1 aliphatic carbocycles. The van der Waals surface area contributed by atoms with E-state index < -0.39 is 0 Å². The molecular formula is C21H29N3O2S2. The topological polar surface area (TPSA) is 55.2 Å². The number of nitrogens with zero attached hydrogens (tertiary/aromatic N) is 3. The minimum Gasteiger partial charge on any atom is -0.337 e. The summed E-state index contributed by atoms with van der Waals surface area (Å²) in [6, 6.07) is 0.592. The van der Waals surface area contributed by atoms with Gasteiger partial charge in [0.1, 0.15) is 4.83 Å². The molecule has 0 aromatic carbocycles. The van der Waals surface area contributed by atoms with Crippen LogP contribution >= 0.6 is 23.1 Å². The monoisotopic (exact) mass is 419 g/mol. The van der Waals surface area contributed by atoms with Crippen molar-refractivity contribution < 1.29 is 4.79 Å². The first-order valence-electron chi connectivity index (χ1n) is 10.5. The van der Waals surface area contributed by atoms with Crippen LogP contribution in [0, 0.1) is 0 Å². The molecule has 28 heavy (non-hydrogen) atoms. The Bertz CT molecular complexity index is 939. The number of aryl methyl sites for hydroxylation is 2. The molecule has 1 amide bonds. The first-order chi connectivity index (χ1) is 13.5. The fraction of sp³-hybridized carbons (Fsp3) is 0.667. The van der Waals surface area contributed by atoms with Gasteiger partial charge < -0.3 is 4.90 Å². The molecule has 0 saturated carbocycles. The van der Waals surface area contributed by atoms with Gasteiger partial charge in [0.15, 0.2) is 5.16 Å². The van der Waals surface area contributed by atoms with Gasteiger partial charge >= 0.3 is 0 Å². The summed E-state index contributed by atoms with van der Waals surface area (Å²) in [5.74, 6) is 0.504. The van der Waals surface area contributed by atoms with Gasteiger partial charge in [-0.25, -0.2) is 4.98 Å². The summed E-state index contributed by atoms with van der Waals surface area (Å²) in [5.41, 5.74) is 1.30. The Morgan fingerprint density at radius 2 is 1.89 bits per heavy atom. The number of likely N-dealkylation sites (tertiary alicyclic amines) is 1. The highest BCUT2D eigenvalue weighted by Crippen LogP contribution is 2.35. The van der Waals surface area contributed by atoms with Crippen LogP contribution in [0.5, 0.6) is 0 Å². The second-order valence-electron chi connectivity index (χ2n) is 8.05. The lowest BCUT2D eigenvalue weighted by Crippen LogP contribution is -2.48. The van der Waals surface area contributed by atoms with Gasteiger partial charge in [-0.3, -0.25) is 14.2 Å². The van der Waals surface area contributed by atoms with Crippen molar-refractivity contribution in [2.45, 2.75) is 89.5 Å². The number of aromatic nitrogens is 2. The largest absolute Gasteiger partial charge is 0.337 e. The molecule has 2 aromatic heterocycles. The van der Waals surface area contributed by atoms with E-state index >= 15 is 0 Å². The van der Waals surface area contributed by atoms with Crippen LogP contribution < -0.4 is 5.56 Å². The number of piperidine rings is 1. The van der Waals surface area contributed by atoms with E-state index in [0.717, 1.165) is 42.3 Å². The third-order valence-electron chi connectivity index (χ3n) is 6.16. The number of fused-ring (bicyclic) bond motifs is 3. The summed E-state index contributed by atoms with van der Waals surface area (Å²) >= 11 is 3.10. The summed E-state index contributed by atoms with van der Waals surface area (Å²) in [7, 11) is 0. The van der Waals surface area contributed by atoms with Crippen LogP contribution in [0.2, 0.25) is 0 Å². The summed E-state index contributed by atoms with van der Waals surface area (Å²) in [6.45, 7) is 6.84. The zero-order chi connectivity index (χ0) is 19.8. The quantitative estimate of drug-likeness (QED) is 0.549. The average Bonchev–Trinajstić information content (AvgIpc) is 3.05. The Morgan fingerprint density at radius 1 is 1.18 bits per heavy atom. The predicted molar refractivity (Wildman–Crippen MR) is 117 cm³/mol. The molecule has 1 fully saturated rings. The Labute approximate surface area is 174 Å². The number of carbonyl (C=O) groups excluding carboxylic acids is 1. The van der Waals surface area contributed by atoms with Gasteiger partial charge in [0.05, 0.1) is 11.1 Å². The zero-order valence-corrected chi connectivity index (χ0v) is 18.6. The first-order valence-corrected chi connectivity index (χ1v) is 12.3. The van der Waals surface area contributed by atoms with Gasteiger partial charge in [-0.05, 0) is 71.3 Å². The van der Waals surface area contributed by atoms with Crippen LogP contribution in [0.4, 0.5) is 0 Å². The molecule has 2 aromatic rings. The lowest BCUT2D eigenvalue weighted by atomic mass is 9.97. The van der Waals surface area contributed by atoms with E-state index in [1.807, 2.05) is 11.8 Å². The third-order valence-corrected chi connectivity index (χ3v) is 8.31. The molecule has 0 spiro atoms. The minimum atomic E-state index is 0.0709. The van der Waals surface area contributed by atoms with Crippen molar-refractivity contribution in [3.8, 4) is 0 Å². The molecule has 1 saturated heterocycles. The van der Waals surface area contributed by atoms with E-state index in [1.54, 1.807) is 15.9 Å². The van der Waals surface area contributed by atoms with Gasteiger partial charge in [-0.1, -0.05) is 11.8 Å². The normalized spacial score (nSPS) is 22.5. The van der Waals surface area contributed by atoms with Crippen molar-refractivity contribution in [3.05, 3.63) is 20.8 Å². The van der Waals surface area contributed by atoms with Crippen LogP contribution in [-0.4, -0.2) is 38.2 Å². The fourth-order valence-electron chi connectivity index (χ4n) is 4.72. The molecule has 1 aliphatic heterocycles. The second-order valence-corrected chi connectivity index (χ2v) is 10.1. The summed E-state index contributed by atoms with van der Waals surface area (Å²) in [5, 5.41) is 1.51. The number of hydrogen-bond acceptors (Lipinski definition) is 5. The maximum atomic E-state index is 13.2. The van der Waals surface area contributed by atoms with E-state index in [-0.39, 0.29) is 11.5 Å². The fourth-order valence-corrected chi connectivity index (χ4v) is 6.96. The van der Waals surface area contributed by atoms with Gasteiger partial charge in [0.2, 0.25) is 5.91 Å². The maximum absolute atomic E-state index is 13.2. The average molecular weight is 420 g/mol. The highest BCUT2D eigenvalue weighted by atomic mass is 32.2. The standard InChI is InChI=1S/C21H29N3O2S2/c1-4-23-20(26)18-15-10-5-6-11-16(15)28-19(18)22-21(23)27-12-17(25)24-13(2)8-7-9-14(24)3/h13-14H,4-12H2,1-3H3/t13-,14+. The van der Waals surface area contributed by atoms with E-state index in [1.165, 1.54) is 35.0 Å². The molecule has 0 radical (unpaired) electrons. The molecule has 152 valence electrons. The van der Waals surface area contributed by atoms with E-state index in [2.05, 4.69) is 13.8 Å². The number of hydrogen-bond donors (Lipinski definition) is 0. The summed E-state index contributed by atoms with van der Waals surface area (Å²) in [4.78, 5) is 35.1. The van der Waals surface area contributed by atoms with Gasteiger partial charge in [-0.15, -0.1) is 11.3 Å². The number of rotatable bonds is 4. The molecule has 0 bridgehead atoms. The predicted octanol–water partition coefficient (Wildman–Crippen LogP) is 4.24. The Kier molecular flexibility index (Phi) is 5.83. The van der Waals surface area contributed by atoms with Crippen LogP contribution in [0.3, 0.4) is 0 Å². The van der Waals surface area contributed by atoms with E-state index in [4.69, 9.17) is 4.98 Å². The third kappa shape index (κ3) is 3.52. The van der Waals surface area contributed by atoms with Crippen molar-refractivity contribution >= 4 is 39.2 Å². The highest BCUT2D eigenvalue weighted by molar-refractivity contribution is 7.99. The molecule has 2 atom stereocenters. The smallest absolute Gasteiger partial charge is 0.263 e. The molecule has 0 N–H and O–H groups in total. The van der Waals surface area contributed by atoms with Gasteiger partial charge in [0, 0.05) is 23.5 Å². The first kappa shape index (κ1) is 20.0. The molecule has 5 nitrogen and oxygen atoms in total. The lowest BCUT2D eigenvalue weighted by molar-refractivity contribution is -0.134. The molecule has 0 unspecified atom stereocenters. The second kappa shape index (κ2) is 8.19. The summed E-state index contributed by atoms with van der Waals surface area (Å²) in [6.07, 6.45) is 7.75. The van der Waals surface area contributed by atoms with Crippen molar-refractivity contribution in [1.29, 1.82) is 0 Å². The summed E-state index contributed by atoms with van der Waals surface area (Å²) < 4.78 is 1.75. The molecule has 4 rings (SSSR count). The molecule has 3 heterocycles. The number of thiophene rings is 1. The van der Waals surface area contributed by atoms with Crippen LogP contribution in [0.25, 0.3) is 10.2 Å². The van der Waals surface area contributed by atoms with Gasteiger partial charge in [0.25, 0.3) is 5.56 Å². The Hall–Kier alpha value is -1.34. The van der Waals surface area contributed by atoms with Crippen molar-refractivity contribution in [1.82, 2.24) is 14.5 Å². The highest BCUT2D eigenvalue weighted by Gasteiger charge is 2.29. The maximum Gasteiger partial charge on any atom is 0.263 e. The van der Waals surface area contributed by atoms with Gasteiger partial charge in [-0.2, -0.15) is 0 Å². The van der Waals surface area contributed by atoms with E-state index in [0.29, 0.717) is 29.5 Å². The molecule has 2 aliphatic rings. The zero-order valence-electron chi connectivity index (χ0n) is 17.0. The van der Waals surface area contributed by atoms with Crippen molar-refractivity contribution in [2.24, 2.45) is 0 Å². The van der Waals surface area contributed by atoms with Crippen LogP contribution in [0.1, 0.15) is 63.3 Å².